The van der Waals surface area contributed by atoms with Gasteiger partial charge in [-0.2, -0.15) is 5.10 Å². The molecule has 0 unspecified atom stereocenters. The van der Waals surface area contributed by atoms with E-state index in [4.69, 9.17) is 0 Å². The van der Waals surface area contributed by atoms with Gasteiger partial charge in [0.25, 0.3) is 0 Å². The van der Waals surface area contributed by atoms with Gasteiger partial charge in [-0.1, -0.05) is 0 Å². The zero-order valence-corrected chi connectivity index (χ0v) is 8.50. The molecule has 0 aliphatic heterocycles. The second-order valence-electron chi connectivity index (χ2n) is 3.33. The van der Waals surface area contributed by atoms with Crippen LogP contribution in [0.15, 0.2) is 0 Å². The van der Waals surface area contributed by atoms with Gasteiger partial charge in [-0.3, -0.25) is 4.68 Å². The fraction of sp³-hybridized carbons (Fsp3) is 0.600. The van der Waals surface area contributed by atoms with E-state index in [1.54, 1.807) is 0 Å². The first-order valence-electron chi connectivity index (χ1n) is 4.59. The van der Waals surface area contributed by atoms with E-state index in [0.29, 0.717) is 6.42 Å². The summed E-state index contributed by atoms with van der Waals surface area (Å²) in [4.78, 5) is 10.1. The Bertz CT molecular complexity index is 302. The highest BCUT2D eigenvalue weighted by Gasteiger charge is 2.07. The largest absolute Gasteiger partial charge is 0.303 e. The number of hydrogen-bond acceptors (Lipinski definition) is 2. The van der Waals surface area contributed by atoms with Crippen molar-refractivity contribution in [3.63, 3.8) is 0 Å². The van der Waals surface area contributed by atoms with E-state index in [1.165, 1.54) is 11.3 Å². The monoisotopic (exact) mass is 180 g/mol. The van der Waals surface area contributed by atoms with Crippen molar-refractivity contribution in [3.05, 3.63) is 17.0 Å². The molecule has 3 heteroatoms. The van der Waals surface area contributed by atoms with E-state index in [1.807, 2.05) is 18.7 Å². The van der Waals surface area contributed by atoms with Crippen LogP contribution in [0.25, 0.3) is 0 Å². The zero-order valence-electron chi connectivity index (χ0n) is 8.50. The molecular formula is C10H16N2O. The molecule has 0 aliphatic carbocycles. The van der Waals surface area contributed by atoms with Crippen molar-refractivity contribution in [2.45, 2.75) is 33.1 Å². The summed E-state index contributed by atoms with van der Waals surface area (Å²) in [5.74, 6) is 0. The van der Waals surface area contributed by atoms with Crippen LogP contribution in [0.3, 0.4) is 0 Å². The average Bonchev–Trinajstić information content (AvgIpc) is 2.32. The van der Waals surface area contributed by atoms with Crippen LogP contribution in [0.1, 0.15) is 29.8 Å². The molecule has 0 bridgehead atoms. The number of aromatic nitrogens is 2. The molecule has 0 saturated heterocycles. The van der Waals surface area contributed by atoms with Crippen LogP contribution in [0.4, 0.5) is 0 Å². The van der Waals surface area contributed by atoms with E-state index >= 15 is 0 Å². The molecule has 0 saturated carbocycles. The average molecular weight is 180 g/mol. The summed E-state index contributed by atoms with van der Waals surface area (Å²) < 4.78 is 1.89. The van der Waals surface area contributed by atoms with Gasteiger partial charge >= 0.3 is 0 Å². The van der Waals surface area contributed by atoms with E-state index in [2.05, 4.69) is 12.0 Å². The molecule has 1 heterocycles. The van der Waals surface area contributed by atoms with Crippen molar-refractivity contribution in [2.75, 3.05) is 0 Å². The fourth-order valence-electron chi connectivity index (χ4n) is 1.54. The summed E-state index contributed by atoms with van der Waals surface area (Å²) >= 11 is 0. The highest BCUT2D eigenvalue weighted by molar-refractivity contribution is 5.49. The number of unbranched alkanes of at least 4 members (excludes halogenated alkanes) is 1. The molecule has 1 rings (SSSR count). The van der Waals surface area contributed by atoms with Gasteiger partial charge in [-0.15, -0.1) is 0 Å². The molecule has 3 nitrogen and oxygen atoms in total. The van der Waals surface area contributed by atoms with Crippen molar-refractivity contribution >= 4 is 6.29 Å². The highest BCUT2D eigenvalue weighted by Crippen LogP contribution is 2.14. The first-order valence-corrected chi connectivity index (χ1v) is 4.59. The zero-order chi connectivity index (χ0) is 9.84. The number of carbonyl (C=O) groups is 1. The van der Waals surface area contributed by atoms with E-state index in [0.717, 1.165) is 24.8 Å². The van der Waals surface area contributed by atoms with Gasteiger partial charge in [0.2, 0.25) is 0 Å². The summed E-state index contributed by atoms with van der Waals surface area (Å²) in [6.07, 6.45) is 3.51. The Morgan fingerprint density at radius 3 is 2.62 bits per heavy atom. The van der Waals surface area contributed by atoms with Crippen LogP contribution in [-0.4, -0.2) is 16.1 Å². The van der Waals surface area contributed by atoms with Crippen molar-refractivity contribution in [1.29, 1.82) is 0 Å². The number of aryl methyl sites for hydroxylation is 2. The molecule has 0 N–H and O–H groups in total. The predicted molar refractivity (Wildman–Crippen MR) is 51.7 cm³/mol. The molecule has 0 amide bonds. The van der Waals surface area contributed by atoms with Crippen molar-refractivity contribution in [2.24, 2.45) is 7.05 Å². The van der Waals surface area contributed by atoms with Gasteiger partial charge in [0, 0.05) is 19.2 Å². The Morgan fingerprint density at radius 2 is 2.15 bits per heavy atom. The van der Waals surface area contributed by atoms with Gasteiger partial charge in [0.05, 0.1) is 5.69 Å². The topological polar surface area (TPSA) is 34.9 Å². The second-order valence-corrected chi connectivity index (χ2v) is 3.33. The van der Waals surface area contributed by atoms with Crippen LogP contribution in [0.2, 0.25) is 0 Å². The third kappa shape index (κ3) is 2.17. The van der Waals surface area contributed by atoms with Crippen LogP contribution >= 0.6 is 0 Å². The third-order valence-electron chi connectivity index (χ3n) is 2.41. The van der Waals surface area contributed by atoms with Crippen LogP contribution in [-0.2, 0) is 18.3 Å². The van der Waals surface area contributed by atoms with Crippen molar-refractivity contribution in [3.8, 4) is 0 Å². The first kappa shape index (κ1) is 9.96. The van der Waals surface area contributed by atoms with Crippen LogP contribution in [0, 0.1) is 13.8 Å². The third-order valence-corrected chi connectivity index (χ3v) is 2.41. The summed E-state index contributed by atoms with van der Waals surface area (Å²) in [6.45, 7) is 4.08. The fourth-order valence-corrected chi connectivity index (χ4v) is 1.54. The highest BCUT2D eigenvalue weighted by atomic mass is 16.1. The minimum Gasteiger partial charge on any atom is -0.303 e. The van der Waals surface area contributed by atoms with Gasteiger partial charge in [0.15, 0.2) is 0 Å². The van der Waals surface area contributed by atoms with E-state index in [-0.39, 0.29) is 0 Å². The molecule has 0 radical (unpaired) electrons. The summed E-state index contributed by atoms with van der Waals surface area (Å²) in [5, 5.41) is 4.32. The van der Waals surface area contributed by atoms with Gasteiger partial charge in [-0.05, 0) is 32.3 Å². The SMILES string of the molecule is Cc1nn(C)c(C)c1CCCC=O. The molecule has 0 atom stereocenters. The lowest BCUT2D eigenvalue weighted by molar-refractivity contribution is -0.107. The lowest BCUT2D eigenvalue weighted by atomic mass is 10.1. The molecule has 1 aromatic heterocycles. The lowest BCUT2D eigenvalue weighted by Crippen LogP contribution is -1.94. The molecule has 1 aromatic rings. The standard InChI is InChI=1S/C10H16N2O/c1-8-10(6-4-5-7-13)9(2)12(3)11-8/h7H,4-6H2,1-3H3. The van der Waals surface area contributed by atoms with Crippen molar-refractivity contribution in [1.82, 2.24) is 9.78 Å². The molecule has 0 fully saturated rings. The molecule has 72 valence electrons. The van der Waals surface area contributed by atoms with Gasteiger partial charge < -0.3 is 4.79 Å². The minimum absolute atomic E-state index is 0.647. The van der Waals surface area contributed by atoms with E-state index < -0.39 is 0 Å². The summed E-state index contributed by atoms with van der Waals surface area (Å²) in [6, 6.07) is 0. The molecule has 0 spiro atoms. The number of nitrogens with zero attached hydrogens (tertiary/aromatic N) is 2. The maximum atomic E-state index is 10.1. The maximum Gasteiger partial charge on any atom is 0.120 e. The van der Waals surface area contributed by atoms with Gasteiger partial charge in [-0.25, -0.2) is 0 Å². The normalized spacial score (nSPS) is 10.4. The Kier molecular flexibility index (Phi) is 3.23. The number of aldehydes is 1. The molecule has 0 aliphatic rings. The Hall–Kier alpha value is -1.12. The summed E-state index contributed by atoms with van der Waals surface area (Å²) in [5.41, 5.74) is 3.60. The number of rotatable bonds is 4. The van der Waals surface area contributed by atoms with Crippen LogP contribution in [0.5, 0.6) is 0 Å². The molecule has 13 heavy (non-hydrogen) atoms. The quantitative estimate of drug-likeness (QED) is 0.520. The Balaban J connectivity index is 2.69. The summed E-state index contributed by atoms with van der Waals surface area (Å²) in [7, 11) is 1.95. The number of carbonyl (C=O) groups excluding carboxylic acids is 1. The van der Waals surface area contributed by atoms with Gasteiger partial charge in [0.1, 0.15) is 6.29 Å². The molecule has 0 aromatic carbocycles. The van der Waals surface area contributed by atoms with Crippen molar-refractivity contribution < 1.29 is 4.79 Å². The maximum absolute atomic E-state index is 10.1. The number of hydrogen-bond donors (Lipinski definition) is 0. The first-order chi connectivity index (χ1) is 6.16. The smallest absolute Gasteiger partial charge is 0.120 e. The van der Waals surface area contributed by atoms with Crippen LogP contribution < -0.4 is 0 Å². The van der Waals surface area contributed by atoms with E-state index in [9.17, 15) is 4.79 Å². The predicted octanol–water partition coefficient (Wildman–Crippen LogP) is 1.56. The second kappa shape index (κ2) is 4.21. The minimum atomic E-state index is 0.647. The molecular weight excluding hydrogens is 164 g/mol. The Labute approximate surface area is 78.8 Å². The Morgan fingerprint density at radius 1 is 1.46 bits per heavy atom. The lowest BCUT2D eigenvalue weighted by Gasteiger charge is -1.99.